The van der Waals surface area contributed by atoms with E-state index in [-0.39, 0.29) is 18.2 Å². The molecule has 0 radical (unpaired) electrons. The van der Waals surface area contributed by atoms with E-state index in [1.807, 2.05) is 42.2 Å². The number of carboxylic acid groups (broad SMARTS) is 1. The van der Waals surface area contributed by atoms with E-state index in [1.54, 1.807) is 18.5 Å². The van der Waals surface area contributed by atoms with E-state index in [2.05, 4.69) is 35.3 Å². The van der Waals surface area contributed by atoms with Crippen molar-refractivity contribution in [3.8, 4) is 28.0 Å². The SMILES string of the molecule is CCN1C(=O)C2(CC2c2ccc(OC)c(CC(=O)O)c2)c2cc(-c3ccc(-c4ccncc4)cc3)c(Cl)cc21. The highest BCUT2D eigenvalue weighted by molar-refractivity contribution is 6.34. The van der Waals surface area contributed by atoms with Crippen LogP contribution in [-0.2, 0) is 21.4 Å². The van der Waals surface area contributed by atoms with Crippen LogP contribution in [0.1, 0.15) is 36.0 Å². The van der Waals surface area contributed by atoms with Gasteiger partial charge in [-0.1, -0.05) is 48.0 Å². The summed E-state index contributed by atoms with van der Waals surface area (Å²) < 4.78 is 5.39. The molecule has 1 fully saturated rings. The molecule has 2 unspecified atom stereocenters. The van der Waals surface area contributed by atoms with Gasteiger partial charge < -0.3 is 14.7 Å². The highest BCUT2D eigenvalue weighted by Crippen LogP contribution is 2.67. The predicted octanol–water partition coefficient (Wildman–Crippen LogP) is 6.50. The summed E-state index contributed by atoms with van der Waals surface area (Å²) in [5.74, 6) is -0.373. The standard InChI is InChI=1S/C32H27ClN2O4/c1-3-35-28-17-27(33)24(21-6-4-19(5-7-21)20-10-12-34-13-11-20)16-25(28)32(31(35)38)18-26(32)22-8-9-29(39-2)23(14-22)15-30(36)37/h4-14,16-17,26H,3,15,18H2,1-2H3,(H,36,37). The number of benzene rings is 3. The van der Waals surface area contributed by atoms with E-state index in [9.17, 15) is 14.7 Å². The van der Waals surface area contributed by atoms with Crippen LogP contribution < -0.4 is 9.64 Å². The number of amides is 1. The Hall–Kier alpha value is -4.16. The molecule has 1 amide bonds. The fraction of sp³-hybridized carbons (Fsp3) is 0.219. The van der Waals surface area contributed by atoms with Gasteiger partial charge in [-0.3, -0.25) is 14.6 Å². The molecule has 0 bridgehead atoms. The summed E-state index contributed by atoms with van der Waals surface area (Å²) in [6.07, 6.45) is 4.07. The van der Waals surface area contributed by atoms with Crippen LogP contribution in [-0.4, -0.2) is 35.6 Å². The summed E-state index contributed by atoms with van der Waals surface area (Å²) in [5, 5.41) is 9.99. The van der Waals surface area contributed by atoms with Crippen molar-refractivity contribution >= 4 is 29.2 Å². The van der Waals surface area contributed by atoms with Crippen LogP contribution in [0, 0.1) is 0 Å². The molecule has 1 spiro atoms. The molecular formula is C32H27ClN2O4. The molecule has 1 saturated carbocycles. The number of ether oxygens (including phenoxy) is 1. The van der Waals surface area contributed by atoms with Crippen LogP contribution in [0.5, 0.6) is 5.75 Å². The molecule has 4 aromatic rings. The first-order valence-corrected chi connectivity index (χ1v) is 13.3. The third kappa shape index (κ3) is 4.07. The smallest absolute Gasteiger partial charge is 0.307 e. The topological polar surface area (TPSA) is 79.7 Å². The third-order valence-corrected chi connectivity index (χ3v) is 8.33. The molecule has 7 heteroatoms. The zero-order chi connectivity index (χ0) is 27.3. The zero-order valence-electron chi connectivity index (χ0n) is 21.6. The molecule has 1 aromatic heterocycles. The first-order chi connectivity index (χ1) is 18.9. The molecule has 6 nitrogen and oxygen atoms in total. The Morgan fingerprint density at radius 1 is 1.05 bits per heavy atom. The normalized spacial score (nSPS) is 19.3. The number of anilines is 1. The van der Waals surface area contributed by atoms with Gasteiger partial charge in [0, 0.05) is 41.7 Å². The van der Waals surface area contributed by atoms with Gasteiger partial charge in [0.25, 0.3) is 0 Å². The maximum atomic E-state index is 13.9. The Balaban J connectivity index is 1.40. The zero-order valence-corrected chi connectivity index (χ0v) is 22.4. The minimum absolute atomic E-state index is 0.0538. The summed E-state index contributed by atoms with van der Waals surface area (Å²) in [4.78, 5) is 31.2. The predicted molar refractivity (Wildman–Crippen MR) is 152 cm³/mol. The summed E-state index contributed by atoms with van der Waals surface area (Å²) in [6.45, 7) is 2.51. The molecule has 6 rings (SSSR count). The molecule has 1 aliphatic heterocycles. The van der Waals surface area contributed by atoms with Crippen molar-refractivity contribution in [3.05, 3.63) is 101 Å². The average molecular weight is 539 g/mol. The minimum Gasteiger partial charge on any atom is -0.496 e. The molecule has 3 aromatic carbocycles. The Morgan fingerprint density at radius 3 is 2.41 bits per heavy atom. The second-order valence-corrected chi connectivity index (χ2v) is 10.5. The van der Waals surface area contributed by atoms with Crippen LogP contribution in [0.4, 0.5) is 5.69 Å². The van der Waals surface area contributed by atoms with Gasteiger partial charge in [0.15, 0.2) is 0 Å². The molecule has 2 atom stereocenters. The minimum atomic E-state index is -0.926. The van der Waals surface area contributed by atoms with E-state index in [4.69, 9.17) is 16.3 Å². The van der Waals surface area contributed by atoms with Gasteiger partial charge in [-0.05, 0) is 71.5 Å². The van der Waals surface area contributed by atoms with E-state index in [0.717, 1.165) is 39.1 Å². The lowest BCUT2D eigenvalue weighted by atomic mass is 9.89. The number of hydrogen-bond acceptors (Lipinski definition) is 4. The molecule has 39 heavy (non-hydrogen) atoms. The number of likely N-dealkylation sites (N-methyl/N-ethyl adjacent to an activating group) is 1. The number of carbonyl (C=O) groups excluding carboxylic acids is 1. The lowest BCUT2D eigenvalue weighted by molar-refractivity contribution is -0.136. The van der Waals surface area contributed by atoms with E-state index >= 15 is 0 Å². The second-order valence-electron chi connectivity index (χ2n) is 10.1. The molecule has 2 aliphatic rings. The van der Waals surface area contributed by atoms with Crippen molar-refractivity contribution in [2.24, 2.45) is 0 Å². The second kappa shape index (κ2) is 9.54. The van der Waals surface area contributed by atoms with Crippen molar-refractivity contribution in [1.29, 1.82) is 0 Å². The van der Waals surface area contributed by atoms with E-state index in [0.29, 0.717) is 29.3 Å². The molecular weight excluding hydrogens is 512 g/mol. The number of nitrogens with zero attached hydrogens (tertiary/aromatic N) is 2. The number of methoxy groups -OCH3 is 1. The number of fused-ring (bicyclic) bond motifs is 2. The van der Waals surface area contributed by atoms with Gasteiger partial charge in [-0.2, -0.15) is 0 Å². The van der Waals surface area contributed by atoms with Crippen molar-refractivity contribution in [1.82, 2.24) is 4.98 Å². The van der Waals surface area contributed by atoms with Gasteiger partial charge in [0.2, 0.25) is 5.91 Å². The van der Waals surface area contributed by atoms with Crippen LogP contribution in [0.25, 0.3) is 22.3 Å². The molecule has 2 heterocycles. The van der Waals surface area contributed by atoms with Gasteiger partial charge in [0.05, 0.1) is 24.0 Å². The lowest BCUT2D eigenvalue weighted by Crippen LogP contribution is -2.32. The summed E-state index contributed by atoms with van der Waals surface area (Å²) in [7, 11) is 1.53. The number of pyridine rings is 1. The van der Waals surface area contributed by atoms with Gasteiger partial charge >= 0.3 is 5.97 Å². The number of aromatic nitrogens is 1. The van der Waals surface area contributed by atoms with Gasteiger partial charge in [0.1, 0.15) is 5.75 Å². The molecule has 196 valence electrons. The summed E-state index contributed by atoms with van der Waals surface area (Å²) in [5.41, 5.74) is 6.73. The van der Waals surface area contributed by atoms with Crippen LogP contribution >= 0.6 is 11.6 Å². The molecule has 1 N–H and O–H groups in total. The number of aliphatic carboxylic acids is 1. The van der Waals surface area contributed by atoms with E-state index in [1.165, 1.54) is 7.11 Å². The van der Waals surface area contributed by atoms with Gasteiger partial charge in [-0.15, -0.1) is 0 Å². The van der Waals surface area contributed by atoms with Crippen molar-refractivity contribution in [2.75, 3.05) is 18.6 Å². The Labute approximate surface area is 231 Å². The molecule has 0 saturated heterocycles. The Bertz CT molecular complexity index is 1600. The largest absolute Gasteiger partial charge is 0.496 e. The average Bonchev–Trinajstić information content (AvgIpc) is 3.66. The Kier molecular flexibility index (Phi) is 6.15. The number of carboxylic acids is 1. The van der Waals surface area contributed by atoms with Crippen LogP contribution in [0.2, 0.25) is 5.02 Å². The third-order valence-electron chi connectivity index (χ3n) is 8.02. The lowest BCUT2D eigenvalue weighted by Gasteiger charge is -2.16. The van der Waals surface area contributed by atoms with Crippen molar-refractivity contribution in [2.45, 2.75) is 31.1 Å². The maximum Gasteiger partial charge on any atom is 0.307 e. The molecule has 1 aliphatic carbocycles. The number of rotatable bonds is 7. The first-order valence-electron chi connectivity index (χ1n) is 12.9. The Morgan fingerprint density at radius 2 is 1.74 bits per heavy atom. The summed E-state index contributed by atoms with van der Waals surface area (Å²) in [6, 6.07) is 21.8. The number of hydrogen-bond donors (Lipinski definition) is 1. The summed E-state index contributed by atoms with van der Waals surface area (Å²) >= 11 is 6.82. The monoisotopic (exact) mass is 538 g/mol. The van der Waals surface area contributed by atoms with Crippen LogP contribution in [0.15, 0.2) is 79.1 Å². The van der Waals surface area contributed by atoms with E-state index < -0.39 is 11.4 Å². The maximum absolute atomic E-state index is 13.9. The highest BCUT2D eigenvalue weighted by Gasteiger charge is 2.67. The first kappa shape index (κ1) is 25.1. The van der Waals surface area contributed by atoms with Crippen molar-refractivity contribution in [3.63, 3.8) is 0 Å². The number of carbonyl (C=O) groups is 2. The fourth-order valence-electron chi connectivity index (χ4n) is 6.05. The fourth-order valence-corrected chi connectivity index (χ4v) is 6.31. The van der Waals surface area contributed by atoms with Crippen molar-refractivity contribution < 1.29 is 19.4 Å². The number of halogens is 1. The highest BCUT2D eigenvalue weighted by atomic mass is 35.5. The quantitative estimate of drug-likeness (QED) is 0.291. The van der Waals surface area contributed by atoms with Gasteiger partial charge in [-0.25, -0.2) is 0 Å². The van der Waals surface area contributed by atoms with Crippen LogP contribution in [0.3, 0.4) is 0 Å².